The minimum Gasteiger partial charge on any atom is -0.310 e. The van der Waals surface area contributed by atoms with Crippen LogP contribution in [0.25, 0.3) is 44.5 Å². The molecule has 0 atom stereocenters. The van der Waals surface area contributed by atoms with E-state index in [2.05, 4.69) is 212 Å². The molecule has 0 aromatic heterocycles. The molecular weight excluding hydrogens is 675 g/mol. The molecule has 3 aliphatic carbocycles. The molecule has 0 radical (unpaired) electrons. The van der Waals surface area contributed by atoms with Gasteiger partial charge in [-0.25, -0.2) is 0 Å². The minimum absolute atomic E-state index is 0.0416. The molecule has 0 saturated carbocycles. The third-order valence-corrected chi connectivity index (χ3v) is 13.6. The average molecular weight is 726 g/mol. The quantitative estimate of drug-likeness (QED) is 0.171. The number of nitrogens with zero attached hydrogens (tertiary/aromatic N) is 1. The van der Waals surface area contributed by atoms with Crippen LogP contribution < -0.4 is 4.90 Å². The molecule has 0 amide bonds. The van der Waals surface area contributed by atoms with Gasteiger partial charge in [0.05, 0.1) is 0 Å². The molecule has 7 aromatic carbocycles. The predicted molar refractivity (Wildman–Crippen MR) is 238 cm³/mol. The highest BCUT2D eigenvalue weighted by Gasteiger charge is 2.46. The van der Waals surface area contributed by atoms with E-state index in [9.17, 15) is 0 Å². The van der Waals surface area contributed by atoms with Crippen LogP contribution in [-0.2, 0) is 21.7 Å². The molecule has 0 N–H and O–H groups in total. The van der Waals surface area contributed by atoms with Crippen molar-refractivity contribution in [1.82, 2.24) is 0 Å². The second-order valence-corrected chi connectivity index (χ2v) is 18.9. The van der Waals surface area contributed by atoms with Crippen molar-refractivity contribution >= 4 is 17.1 Å². The van der Waals surface area contributed by atoms with Crippen molar-refractivity contribution in [3.63, 3.8) is 0 Å². The van der Waals surface area contributed by atoms with Crippen molar-refractivity contribution < 1.29 is 0 Å². The van der Waals surface area contributed by atoms with Gasteiger partial charge in [-0.2, -0.15) is 0 Å². The van der Waals surface area contributed by atoms with E-state index in [0.29, 0.717) is 0 Å². The summed E-state index contributed by atoms with van der Waals surface area (Å²) in [6.07, 6.45) is 1.18. The van der Waals surface area contributed by atoms with E-state index in [1.807, 2.05) is 0 Å². The maximum Gasteiger partial charge on any atom is 0.0468 e. The van der Waals surface area contributed by atoms with Crippen LogP contribution in [0.4, 0.5) is 17.1 Å². The van der Waals surface area contributed by atoms with E-state index in [1.54, 1.807) is 0 Å². The molecule has 0 fully saturated rings. The molecule has 0 aliphatic heterocycles. The zero-order valence-corrected chi connectivity index (χ0v) is 34.1. The van der Waals surface area contributed by atoms with Gasteiger partial charge in [0.25, 0.3) is 0 Å². The molecule has 0 saturated heterocycles. The summed E-state index contributed by atoms with van der Waals surface area (Å²) >= 11 is 0. The monoisotopic (exact) mass is 725 g/mol. The van der Waals surface area contributed by atoms with E-state index in [4.69, 9.17) is 0 Å². The zero-order chi connectivity index (χ0) is 38.8. The highest BCUT2D eigenvalue weighted by molar-refractivity contribution is 5.91. The topological polar surface area (TPSA) is 3.24 Å². The number of fused-ring (bicyclic) bond motifs is 7. The lowest BCUT2D eigenvalue weighted by Crippen LogP contribution is -2.19. The first-order chi connectivity index (χ1) is 26.8. The van der Waals surface area contributed by atoms with Crippen LogP contribution in [0.2, 0.25) is 0 Å². The molecule has 3 aliphatic rings. The Morgan fingerprint density at radius 1 is 0.339 bits per heavy atom. The number of anilines is 3. The third kappa shape index (κ3) is 5.06. The van der Waals surface area contributed by atoms with Crippen LogP contribution in [0, 0.1) is 0 Å². The molecule has 0 bridgehead atoms. The molecule has 56 heavy (non-hydrogen) atoms. The van der Waals surface area contributed by atoms with Gasteiger partial charge in [0.1, 0.15) is 0 Å². The SMILES string of the molecule is CC1(C)CC(C)(C)c2cc3c(cc21)-c1cccc(-c2ccc(N(c4cccc(-c5ccccc5)c4)c4ccc5c(c4)-c4ccccc4C5(C)C)cc2)c1C3(C)C. The first kappa shape index (κ1) is 34.8. The third-order valence-electron chi connectivity index (χ3n) is 13.6. The van der Waals surface area contributed by atoms with E-state index in [1.165, 1.54) is 84.3 Å². The maximum atomic E-state index is 2.57. The Morgan fingerprint density at radius 3 is 1.68 bits per heavy atom. The van der Waals surface area contributed by atoms with Gasteiger partial charge in [-0.05, 0) is 138 Å². The maximum absolute atomic E-state index is 2.57. The Kier molecular flexibility index (Phi) is 7.41. The fraction of sp³-hybridized carbons (Fsp3) is 0.236. The van der Waals surface area contributed by atoms with Crippen LogP contribution >= 0.6 is 0 Å². The van der Waals surface area contributed by atoms with E-state index in [-0.39, 0.29) is 21.7 Å². The van der Waals surface area contributed by atoms with Crippen LogP contribution in [0.15, 0.2) is 152 Å². The Bertz CT molecular complexity index is 2700. The summed E-state index contributed by atoms with van der Waals surface area (Å²) < 4.78 is 0. The standard InChI is InChI=1S/C55H51N/c1-52(2)34-53(3,4)50-33-48-45(32-49(50)52)43-22-15-21-41(51(43)55(48,7)8)36-24-26-38(27-25-36)56(39-19-14-18-37(30-39)35-16-10-9-11-17-35)40-28-29-47-44(31-40)42-20-12-13-23-46(42)54(47,5)6/h9-33H,34H2,1-8H3. The largest absolute Gasteiger partial charge is 0.310 e. The van der Waals surface area contributed by atoms with Crippen molar-refractivity contribution in [3.8, 4) is 44.5 Å². The van der Waals surface area contributed by atoms with E-state index < -0.39 is 0 Å². The second-order valence-electron chi connectivity index (χ2n) is 18.9. The Labute approximate surface area is 333 Å². The molecule has 0 spiro atoms. The van der Waals surface area contributed by atoms with Crippen LogP contribution in [0.5, 0.6) is 0 Å². The highest BCUT2D eigenvalue weighted by atomic mass is 15.1. The first-order valence-corrected chi connectivity index (χ1v) is 20.4. The van der Waals surface area contributed by atoms with Crippen LogP contribution in [0.1, 0.15) is 95.2 Å². The first-order valence-electron chi connectivity index (χ1n) is 20.4. The summed E-state index contributed by atoms with van der Waals surface area (Å²) in [5.74, 6) is 0. The number of hydrogen-bond acceptors (Lipinski definition) is 1. The normalized spacial score (nSPS) is 17.1. The highest BCUT2D eigenvalue weighted by Crippen LogP contribution is 2.58. The van der Waals surface area contributed by atoms with Gasteiger partial charge in [-0.1, -0.05) is 165 Å². The van der Waals surface area contributed by atoms with Gasteiger partial charge in [-0.3, -0.25) is 0 Å². The lowest BCUT2D eigenvalue weighted by Gasteiger charge is -2.28. The van der Waals surface area contributed by atoms with Gasteiger partial charge >= 0.3 is 0 Å². The van der Waals surface area contributed by atoms with Crippen molar-refractivity contribution in [1.29, 1.82) is 0 Å². The van der Waals surface area contributed by atoms with Crippen LogP contribution in [-0.4, -0.2) is 0 Å². The van der Waals surface area contributed by atoms with E-state index in [0.717, 1.165) is 17.1 Å². The number of hydrogen-bond donors (Lipinski definition) is 0. The van der Waals surface area contributed by atoms with Crippen molar-refractivity contribution in [2.75, 3.05) is 4.90 Å². The van der Waals surface area contributed by atoms with Gasteiger partial charge in [-0.15, -0.1) is 0 Å². The number of benzene rings is 7. The smallest absolute Gasteiger partial charge is 0.0468 e. The Hall–Kier alpha value is -5.66. The summed E-state index contributed by atoms with van der Waals surface area (Å²) in [5, 5.41) is 0. The van der Waals surface area contributed by atoms with E-state index >= 15 is 0 Å². The molecule has 1 nitrogen and oxygen atoms in total. The fourth-order valence-corrected chi connectivity index (χ4v) is 11.1. The zero-order valence-electron chi connectivity index (χ0n) is 34.1. The summed E-state index contributed by atoms with van der Waals surface area (Å²) in [7, 11) is 0. The fourth-order valence-electron chi connectivity index (χ4n) is 11.1. The van der Waals surface area contributed by atoms with Crippen molar-refractivity contribution in [2.45, 2.75) is 83.5 Å². The summed E-state index contributed by atoms with van der Waals surface area (Å²) in [6.45, 7) is 19.3. The molecule has 7 aromatic rings. The van der Waals surface area contributed by atoms with Crippen molar-refractivity contribution in [2.24, 2.45) is 0 Å². The lowest BCUT2D eigenvalue weighted by atomic mass is 9.77. The van der Waals surface area contributed by atoms with Gasteiger partial charge in [0.15, 0.2) is 0 Å². The summed E-state index contributed by atoms with van der Waals surface area (Å²) in [5.41, 5.74) is 22.8. The predicted octanol–water partition coefficient (Wildman–Crippen LogP) is 15.1. The molecular formula is C55H51N. The molecule has 10 rings (SSSR count). The van der Waals surface area contributed by atoms with Gasteiger partial charge in [0.2, 0.25) is 0 Å². The lowest BCUT2D eigenvalue weighted by molar-refractivity contribution is 0.403. The Balaban J connectivity index is 1.10. The molecule has 1 heteroatoms. The summed E-state index contributed by atoms with van der Waals surface area (Å²) in [6, 6.07) is 57.1. The summed E-state index contributed by atoms with van der Waals surface area (Å²) in [4.78, 5) is 2.44. The number of rotatable bonds is 5. The van der Waals surface area contributed by atoms with Crippen molar-refractivity contribution in [3.05, 3.63) is 185 Å². The molecule has 0 unspecified atom stereocenters. The van der Waals surface area contributed by atoms with Gasteiger partial charge in [0, 0.05) is 27.9 Å². The molecule has 276 valence electrons. The minimum atomic E-state index is -0.115. The molecule has 0 heterocycles. The van der Waals surface area contributed by atoms with Crippen LogP contribution in [0.3, 0.4) is 0 Å². The Morgan fingerprint density at radius 2 is 0.911 bits per heavy atom. The average Bonchev–Trinajstić information content (AvgIpc) is 3.65. The van der Waals surface area contributed by atoms with Gasteiger partial charge < -0.3 is 4.90 Å². The second kappa shape index (κ2) is 11.9.